The van der Waals surface area contributed by atoms with Gasteiger partial charge in [0.25, 0.3) is 5.12 Å². The number of carbonyl (C=O) groups excluding carboxylic acids is 2. The predicted molar refractivity (Wildman–Crippen MR) is 46.4 cm³/mol. The number of benzene rings is 1. The number of nitrogens with zero attached hydrogens (tertiary/aromatic N) is 1. The van der Waals surface area contributed by atoms with E-state index < -0.39 is 10.9 Å². The first-order valence-electron chi connectivity index (χ1n) is 3.53. The molecule has 0 spiro atoms. The molecule has 1 aliphatic rings. The zero-order valence-electron chi connectivity index (χ0n) is 6.40. The average Bonchev–Trinajstić information content (AvgIpc) is 2.43. The topological polar surface area (TPSA) is 57.9 Å². The summed E-state index contributed by atoms with van der Waals surface area (Å²) >= 11 is 0.839. The van der Waals surface area contributed by atoms with E-state index in [1.807, 2.05) is 6.07 Å². The smallest absolute Gasteiger partial charge is 0.264 e. The molecule has 1 aromatic carbocycles. The van der Waals surface area contributed by atoms with Crippen LogP contribution in [0.15, 0.2) is 23.1 Å². The summed E-state index contributed by atoms with van der Waals surface area (Å²) in [5, 5.41) is 8.19. The fraction of sp³-hybridized carbons (Fsp3) is 0. The standard InChI is InChI=1S/C9H3NO2S/c10-4-5-2-1-3-6-7(11)9(12)13-8(5)6/h1-3H. The van der Waals surface area contributed by atoms with Gasteiger partial charge in [0, 0.05) is 10.5 Å². The Balaban J connectivity index is 2.71. The van der Waals surface area contributed by atoms with Gasteiger partial charge in [-0.2, -0.15) is 5.26 Å². The fourth-order valence-electron chi connectivity index (χ4n) is 1.16. The number of Topliss-reactive ketones (excluding diaryl/α,β-unsaturated/α-hetero) is 1. The number of fused-ring (bicyclic) bond motifs is 1. The van der Waals surface area contributed by atoms with Crippen molar-refractivity contribution in [3.63, 3.8) is 0 Å². The van der Waals surface area contributed by atoms with Crippen LogP contribution in [0.2, 0.25) is 0 Å². The van der Waals surface area contributed by atoms with Crippen molar-refractivity contribution in [3.8, 4) is 6.07 Å². The highest BCUT2D eigenvalue weighted by Crippen LogP contribution is 2.34. The summed E-state index contributed by atoms with van der Waals surface area (Å²) in [5.74, 6) is -0.503. The number of hydrogen-bond donors (Lipinski definition) is 0. The van der Waals surface area contributed by atoms with Gasteiger partial charge in [-0.25, -0.2) is 0 Å². The summed E-state index contributed by atoms with van der Waals surface area (Å²) in [6.07, 6.45) is 0. The van der Waals surface area contributed by atoms with Crippen molar-refractivity contribution >= 4 is 22.7 Å². The van der Waals surface area contributed by atoms with Crippen molar-refractivity contribution in [1.29, 1.82) is 5.26 Å². The molecule has 0 radical (unpaired) electrons. The van der Waals surface area contributed by atoms with Crippen LogP contribution in [0.1, 0.15) is 15.9 Å². The van der Waals surface area contributed by atoms with Crippen LogP contribution in [-0.2, 0) is 4.79 Å². The molecule has 0 amide bonds. The Hall–Kier alpha value is -1.60. The zero-order valence-corrected chi connectivity index (χ0v) is 7.22. The van der Waals surface area contributed by atoms with E-state index in [1.165, 1.54) is 0 Å². The first-order valence-corrected chi connectivity index (χ1v) is 4.35. The molecule has 1 aliphatic heterocycles. The van der Waals surface area contributed by atoms with Gasteiger partial charge in [0.15, 0.2) is 0 Å². The molecule has 0 aliphatic carbocycles. The van der Waals surface area contributed by atoms with Gasteiger partial charge in [0.1, 0.15) is 6.07 Å². The van der Waals surface area contributed by atoms with Gasteiger partial charge in [-0.3, -0.25) is 9.59 Å². The van der Waals surface area contributed by atoms with Gasteiger partial charge in [-0.15, -0.1) is 0 Å². The van der Waals surface area contributed by atoms with E-state index in [1.54, 1.807) is 18.2 Å². The third kappa shape index (κ3) is 1.05. The van der Waals surface area contributed by atoms with Gasteiger partial charge >= 0.3 is 0 Å². The summed E-state index contributed by atoms with van der Waals surface area (Å²) in [6, 6.07) is 6.71. The molecule has 13 heavy (non-hydrogen) atoms. The maximum Gasteiger partial charge on any atom is 0.264 e. The van der Waals surface area contributed by atoms with Crippen LogP contribution in [0.5, 0.6) is 0 Å². The second-order valence-electron chi connectivity index (χ2n) is 2.51. The molecular weight excluding hydrogens is 186 g/mol. The van der Waals surface area contributed by atoms with Gasteiger partial charge in [-0.05, 0) is 23.9 Å². The van der Waals surface area contributed by atoms with Crippen molar-refractivity contribution in [2.75, 3.05) is 0 Å². The van der Waals surface area contributed by atoms with Gasteiger partial charge in [0.2, 0.25) is 5.78 Å². The van der Waals surface area contributed by atoms with E-state index in [2.05, 4.69) is 0 Å². The Kier molecular flexibility index (Phi) is 1.67. The fourth-order valence-corrected chi connectivity index (χ4v) is 2.05. The van der Waals surface area contributed by atoms with Crippen molar-refractivity contribution < 1.29 is 9.59 Å². The highest BCUT2D eigenvalue weighted by atomic mass is 32.2. The lowest BCUT2D eigenvalue weighted by Gasteiger charge is -1.95. The molecule has 0 saturated carbocycles. The minimum atomic E-state index is -0.503. The largest absolute Gasteiger partial charge is 0.284 e. The molecule has 62 valence electrons. The monoisotopic (exact) mass is 189 g/mol. The summed E-state index contributed by atoms with van der Waals surface area (Å²) in [4.78, 5) is 22.7. The van der Waals surface area contributed by atoms with Crippen LogP contribution >= 0.6 is 11.8 Å². The lowest BCUT2D eigenvalue weighted by molar-refractivity contribution is -0.107. The molecule has 0 unspecified atom stereocenters. The van der Waals surface area contributed by atoms with E-state index >= 15 is 0 Å². The maximum absolute atomic E-state index is 11.2. The summed E-state index contributed by atoms with van der Waals surface area (Å²) in [7, 11) is 0. The molecule has 2 rings (SSSR count). The number of hydrogen-bond acceptors (Lipinski definition) is 4. The normalized spacial score (nSPS) is 14.1. The van der Waals surface area contributed by atoms with Crippen LogP contribution in [0.3, 0.4) is 0 Å². The number of rotatable bonds is 0. The summed E-state index contributed by atoms with van der Waals surface area (Å²) < 4.78 is 0. The van der Waals surface area contributed by atoms with Crippen LogP contribution in [0, 0.1) is 11.3 Å². The number of thioether (sulfide) groups is 1. The lowest BCUT2D eigenvalue weighted by atomic mass is 10.1. The summed E-state index contributed by atoms with van der Waals surface area (Å²) in [6.45, 7) is 0. The molecule has 0 aromatic heterocycles. The quantitative estimate of drug-likeness (QED) is 0.578. The van der Waals surface area contributed by atoms with Crippen LogP contribution in [0.4, 0.5) is 0 Å². The van der Waals surface area contributed by atoms with Crippen molar-refractivity contribution in [3.05, 3.63) is 29.3 Å². The second kappa shape index (κ2) is 2.71. The zero-order chi connectivity index (χ0) is 9.42. The molecule has 1 heterocycles. The number of nitriles is 1. The average molecular weight is 189 g/mol. The van der Waals surface area contributed by atoms with Gasteiger partial charge in [0.05, 0.1) is 5.56 Å². The van der Waals surface area contributed by atoms with Crippen molar-refractivity contribution in [2.24, 2.45) is 0 Å². The SMILES string of the molecule is N#Cc1cccc2c1SC(=O)C2=O. The molecule has 0 bridgehead atoms. The molecule has 4 heteroatoms. The lowest BCUT2D eigenvalue weighted by Crippen LogP contribution is -2.01. The van der Waals surface area contributed by atoms with Crippen molar-refractivity contribution in [1.82, 2.24) is 0 Å². The molecule has 3 nitrogen and oxygen atoms in total. The Morgan fingerprint density at radius 3 is 2.77 bits per heavy atom. The van der Waals surface area contributed by atoms with Crippen molar-refractivity contribution in [2.45, 2.75) is 4.90 Å². The molecule has 0 N–H and O–H groups in total. The number of ketones is 1. The Bertz CT molecular complexity index is 459. The first kappa shape index (κ1) is 8.02. The van der Waals surface area contributed by atoms with E-state index in [4.69, 9.17) is 5.26 Å². The molecular formula is C9H3NO2S. The minimum Gasteiger partial charge on any atom is -0.284 e. The Morgan fingerprint density at radius 1 is 1.31 bits per heavy atom. The van der Waals surface area contributed by atoms with Crippen LogP contribution < -0.4 is 0 Å². The van der Waals surface area contributed by atoms with E-state index in [9.17, 15) is 9.59 Å². The predicted octanol–water partition coefficient (Wildman–Crippen LogP) is 1.37. The Labute approximate surface area is 78.4 Å². The van der Waals surface area contributed by atoms with Crippen LogP contribution in [-0.4, -0.2) is 10.9 Å². The first-order chi connectivity index (χ1) is 6.24. The minimum absolute atomic E-state index is 0.356. The van der Waals surface area contributed by atoms with Gasteiger partial charge < -0.3 is 0 Å². The third-order valence-corrected chi connectivity index (χ3v) is 2.78. The maximum atomic E-state index is 11.2. The van der Waals surface area contributed by atoms with E-state index in [-0.39, 0.29) is 0 Å². The molecule has 0 fully saturated rings. The highest BCUT2D eigenvalue weighted by Gasteiger charge is 2.30. The number of carbonyl (C=O) groups is 2. The molecule has 0 atom stereocenters. The van der Waals surface area contributed by atoms with E-state index in [0.717, 1.165) is 11.8 Å². The second-order valence-corrected chi connectivity index (χ2v) is 3.50. The summed E-state index contributed by atoms with van der Waals surface area (Å²) in [5.41, 5.74) is 0.746. The van der Waals surface area contributed by atoms with Gasteiger partial charge in [-0.1, -0.05) is 6.07 Å². The third-order valence-electron chi connectivity index (χ3n) is 1.76. The molecule has 0 saturated heterocycles. The van der Waals surface area contributed by atoms with E-state index in [0.29, 0.717) is 16.0 Å². The van der Waals surface area contributed by atoms with Crippen LogP contribution in [0.25, 0.3) is 0 Å². The highest BCUT2D eigenvalue weighted by molar-refractivity contribution is 8.16. The Morgan fingerprint density at radius 2 is 2.08 bits per heavy atom. The molecule has 1 aromatic rings.